The van der Waals surface area contributed by atoms with Crippen LogP contribution in [0.4, 0.5) is 5.82 Å². The Morgan fingerprint density at radius 2 is 2.00 bits per heavy atom. The third-order valence-corrected chi connectivity index (χ3v) is 4.52. The number of nitrogens with one attached hydrogen (secondary N) is 1. The van der Waals surface area contributed by atoms with E-state index in [1.807, 2.05) is 42.5 Å². The highest BCUT2D eigenvalue weighted by molar-refractivity contribution is 5.59. The third kappa shape index (κ3) is 3.33. The van der Waals surface area contributed by atoms with E-state index in [1.165, 1.54) is 0 Å². The van der Waals surface area contributed by atoms with E-state index >= 15 is 0 Å². The van der Waals surface area contributed by atoms with Crippen LogP contribution in [0.5, 0.6) is 0 Å². The summed E-state index contributed by atoms with van der Waals surface area (Å²) in [5, 5.41) is 16.6. The highest BCUT2D eigenvalue weighted by atomic mass is 16.5. The molecule has 1 saturated heterocycles. The standard InChI is InChI=1S/C18H22N6O/c1-13(15-12-23(2)10-11-25-15)19-16-8-9-17-20-21-18(24(17)22-16)14-6-4-3-5-7-14/h3-9,13,15H,10-12H2,1-2H3,(H,19,22). The molecule has 4 rings (SSSR count). The number of rotatable bonds is 4. The van der Waals surface area contributed by atoms with E-state index in [9.17, 15) is 0 Å². The first-order valence-corrected chi connectivity index (χ1v) is 8.55. The van der Waals surface area contributed by atoms with Crippen LogP contribution in [0.3, 0.4) is 0 Å². The monoisotopic (exact) mass is 338 g/mol. The van der Waals surface area contributed by atoms with Crippen LogP contribution in [-0.2, 0) is 4.74 Å². The largest absolute Gasteiger partial charge is 0.373 e. The van der Waals surface area contributed by atoms with Gasteiger partial charge < -0.3 is 15.0 Å². The summed E-state index contributed by atoms with van der Waals surface area (Å²) < 4.78 is 7.66. The molecule has 130 valence electrons. The minimum Gasteiger partial charge on any atom is -0.373 e. The summed E-state index contributed by atoms with van der Waals surface area (Å²) in [6.07, 6.45) is 0.144. The second kappa shape index (κ2) is 6.78. The molecule has 7 nitrogen and oxygen atoms in total. The molecule has 1 fully saturated rings. The van der Waals surface area contributed by atoms with Crippen LogP contribution in [0.1, 0.15) is 6.92 Å². The molecule has 1 N–H and O–H groups in total. The molecule has 3 aromatic rings. The SMILES string of the molecule is CC(Nc1ccc2nnc(-c3ccccc3)n2n1)C1CN(C)CCO1. The predicted molar refractivity (Wildman–Crippen MR) is 96.5 cm³/mol. The number of fused-ring (bicyclic) bond motifs is 1. The Morgan fingerprint density at radius 3 is 2.80 bits per heavy atom. The summed E-state index contributed by atoms with van der Waals surface area (Å²) in [5.74, 6) is 1.52. The second-order valence-electron chi connectivity index (χ2n) is 6.48. The smallest absolute Gasteiger partial charge is 0.185 e. The Balaban J connectivity index is 1.58. The highest BCUT2D eigenvalue weighted by Gasteiger charge is 2.24. The quantitative estimate of drug-likeness (QED) is 0.784. The molecule has 1 aliphatic heterocycles. The number of benzene rings is 1. The van der Waals surface area contributed by atoms with E-state index < -0.39 is 0 Å². The summed E-state index contributed by atoms with van der Waals surface area (Å²) in [6.45, 7) is 4.79. The van der Waals surface area contributed by atoms with Gasteiger partial charge in [0.1, 0.15) is 5.82 Å². The summed E-state index contributed by atoms with van der Waals surface area (Å²) in [5.41, 5.74) is 1.72. The van der Waals surface area contributed by atoms with Crippen molar-refractivity contribution in [2.24, 2.45) is 0 Å². The first-order chi connectivity index (χ1) is 12.2. The average Bonchev–Trinajstić information content (AvgIpc) is 3.05. The van der Waals surface area contributed by atoms with Crippen molar-refractivity contribution in [2.45, 2.75) is 19.1 Å². The number of ether oxygens (including phenoxy) is 1. The zero-order valence-electron chi connectivity index (χ0n) is 14.5. The lowest BCUT2D eigenvalue weighted by molar-refractivity contribution is -0.0260. The molecule has 25 heavy (non-hydrogen) atoms. The van der Waals surface area contributed by atoms with Gasteiger partial charge in [-0.25, -0.2) is 0 Å². The van der Waals surface area contributed by atoms with Crippen molar-refractivity contribution < 1.29 is 4.74 Å². The summed E-state index contributed by atoms with van der Waals surface area (Å²) in [6, 6.07) is 14.0. The molecule has 0 aliphatic carbocycles. The predicted octanol–water partition coefficient (Wildman–Crippen LogP) is 1.92. The molecule has 1 aliphatic rings. The first-order valence-electron chi connectivity index (χ1n) is 8.55. The van der Waals surface area contributed by atoms with Gasteiger partial charge in [-0.2, -0.15) is 4.52 Å². The normalized spacial score (nSPS) is 19.8. The number of nitrogens with zero attached hydrogens (tertiary/aromatic N) is 5. The molecule has 3 heterocycles. The third-order valence-electron chi connectivity index (χ3n) is 4.52. The van der Waals surface area contributed by atoms with Crippen LogP contribution in [0.15, 0.2) is 42.5 Å². The van der Waals surface area contributed by atoms with Gasteiger partial charge in [-0.3, -0.25) is 0 Å². The van der Waals surface area contributed by atoms with E-state index in [4.69, 9.17) is 4.74 Å². The van der Waals surface area contributed by atoms with Gasteiger partial charge in [-0.1, -0.05) is 30.3 Å². The van der Waals surface area contributed by atoms with E-state index in [-0.39, 0.29) is 12.1 Å². The fraction of sp³-hybridized carbons (Fsp3) is 0.389. The lowest BCUT2D eigenvalue weighted by atomic mass is 10.1. The fourth-order valence-corrected chi connectivity index (χ4v) is 3.07. The van der Waals surface area contributed by atoms with Gasteiger partial charge in [0.2, 0.25) is 0 Å². The summed E-state index contributed by atoms with van der Waals surface area (Å²) in [4.78, 5) is 2.29. The van der Waals surface area contributed by atoms with Crippen LogP contribution >= 0.6 is 0 Å². The molecule has 2 unspecified atom stereocenters. The molecule has 0 amide bonds. The van der Waals surface area contributed by atoms with Crippen LogP contribution in [-0.4, -0.2) is 63.6 Å². The minimum absolute atomic E-state index is 0.144. The Bertz CT molecular complexity index is 849. The van der Waals surface area contributed by atoms with Gasteiger partial charge in [-0.05, 0) is 26.1 Å². The van der Waals surface area contributed by atoms with Gasteiger partial charge in [0, 0.05) is 18.7 Å². The van der Waals surface area contributed by atoms with Gasteiger partial charge in [0.15, 0.2) is 11.5 Å². The number of aromatic nitrogens is 4. The molecule has 2 aromatic heterocycles. The van der Waals surface area contributed by atoms with Gasteiger partial charge in [0.05, 0.1) is 18.8 Å². The van der Waals surface area contributed by atoms with Crippen molar-refractivity contribution in [2.75, 3.05) is 32.1 Å². The van der Waals surface area contributed by atoms with Gasteiger partial charge in [-0.15, -0.1) is 15.3 Å². The van der Waals surface area contributed by atoms with Crippen LogP contribution in [0, 0.1) is 0 Å². The Labute approximate surface area is 146 Å². The van der Waals surface area contributed by atoms with Crippen LogP contribution in [0.2, 0.25) is 0 Å². The zero-order chi connectivity index (χ0) is 17.2. The number of hydrogen-bond donors (Lipinski definition) is 1. The molecular formula is C18H22N6O. The second-order valence-corrected chi connectivity index (χ2v) is 6.48. The van der Waals surface area contributed by atoms with Gasteiger partial charge >= 0.3 is 0 Å². The maximum Gasteiger partial charge on any atom is 0.185 e. The van der Waals surface area contributed by atoms with Crippen molar-refractivity contribution >= 4 is 11.5 Å². The van der Waals surface area contributed by atoms with E-state index in [0.29, 0.717) is 0 Å². The minimum atomic E-state index is 0.144. The van der Waals surface area contributed by atoms with E-state index in [1.54, 1.807) is 4.52 Å². The summed E-state index contributed by atoms with van der Waals surface area (Å²) in [7, 11) is 2.12. The van der Waals surface area contributed by atoms with E-state index in [2.05, 4.69) is 39.5 Å². The lowest BCUT2D eigenvalue weighted by Crippen LogP contribution is -2.47. The van der Waals surface area contributed by atoms with Gasteiger partial charge in [0.25, 0.3) is 0 Å². The molecule has 0 bridgehead atoms. The van der Waals surface area contributed by atoms with Crippen molar-refractivity contribution in [1.82, 2.24) is 24.7 Å². The number of anilines is 1. The van der Waals surface area contributed by atoms with Crippen molar-refractivity contribution in [3.63, 3.8) is 0 Å². The molecule has 0 radical (unpaired) electrons. The maximum atomic E-state index is 5.88. The molecule has 2 atom stereocenters. The van der Waals surface area contributed by atoms with Crippen LogP contribution in [0.25, 0.3) is 17.0 Å². The zero-order valence-corrected chi connectivity index (χ0v) is 14.5. The number of hydrogen-bond acceptors (Lipinski definition) is 6. The lowest BCUT2D eigenvalue weighted by Gasteiger charge is -2.34. The highest BCUT2D eigenvalue weighted by Crippen LogP contribution is 2.19. The Hall–Kier alpha value is -2.51. The molecule has 0 saturated carbocycles. The van der Waals surface area contributed by atoms with Crippen LogP contribution < -0.4 is 5.32 Å². The van der Waals surface area contributed by atoms with E-state index in [0.717, 1.165) is 42.5 Å². The molecule has 1 aromatic carbocycles. The maximum absolute atomic E-state index is 5.88. The molecule has 7 heteroatoms. The topological polar surface area (TPSA) is 67.6 Å². The Kier molecular flexibility index (Phi) is 4.33. The number of likely N-dealkylation sites (N-methyl/N-ethyl adjacent to an activating group) is 1. The first kappa shape index (κ1) is 16.0. The van der Waals surface area contributed by atoms with Crippen molar-refractivity contribution in [3.05, 3.63) is 42.5 Å². The summed E-state index contributed by atoms with van der Waals surface area (Å²) >= 11 is 0. The molecule has 0 spiro atoms. The average molecular weight is 338 g/mol. The van der Waals surface area contributed by atoms with Crippen molar-refractivity contribution in [3.8, 4) is 11.4 Å². The Morgan fingerprint density at radius 1 is 1.16 bits per heavy atom. The molecular weight excluding hydrogens is 316 g/mol. The number of morpholine rings is 1. The fourth-order valence-electron chi connectivity index (χ4n) is 3.07. The van der Waals surface area contributed by atoms with Crippen molar-refractivity contribution in [1.29, 1.82) is 0 Å².